The van der Waals surface area contributed by atoms with E-state index in [0.717, 1.165) is 42.9 Å². The van der Waals surface area contributed by atoms with Crippen molar-refractivity contribution >= 4 is 11.0 Å². The second-order valence-corrected chi connectivity index (χ2v) is 9.71. The highest BCUT2D eigenvalue weighted by Gasteiger charge is 2.33. The molecule has 1 N–H and O–H groups in total. The summed E-state index contributed by atoms with van der Waals surface area (Å²) in [4.78, 5) is 7.43. The molecule has 2 heterocycles. The van der Waals surface area contributed by atoms with Crippen LogP contribution in [0, 0.1) is 12.8 Å². The van der Waals surface area contributed by atoms with Crippen LogP contribution in [-0.4, -0.2) is 45.3 Å². The largest absolute Gasteiger partial charge is 0.390 e. The topological polar surface area (TPSA) is 41.3 Å². The second-order valence-electron chi connectivity index (χ2n) is 9.71. The fraction of sp³-hybridized carbons (Fsp3) is 0.500. The number of aryl methyl sites for hydroxylation is 1. The fourth-order valence-corrected chi connectivity index (χ4v) is 5.58. The number of aromatic nitrogens is 2. The van der Waals surface area contributed by atoms with E-state index in [9.17, 15) is 5.11 Å². The third-order valence-corrected chi connectivity index (χ3v) is 7.00. The van der Waals surface area contributed by atoms with Crippen molar-refractivity contribution in [1.29, 1.82) is 0 Å². The van der Waals surface area contributed by atoms with Crippen LogP contribution in [0.15, 0.2) is 42.5 Å². The lowest BCUT2D eigenvalue weighted by Gasteiger charge is -2.38. The Balaban J connectivity index is 1.33. The number of β-amino-alcohol motifs (C(OH)–C–C–N with tert-alkyl or cyclic N) is 1. The van der Waals surface area contributed by atoms with Crippen molar-refractivity contribution in [2.24, 2.45) is 5.92 Å². The van der Waals surface area contributed by atoms with E-state index in [1.54, 1.807) is 0 Å². The van der Waals surface area contributed by atoms with E-state index in [4.69, 9.17) is 4.98 Å². The van der Waals surface area contributed by atoms with Gasteiger partial charge in [0, 0.05) is 25.6 Å². The highest BCUT2D eigenvalue weighted by molar-refractivity contribution is 5.77. The second kappa shape index (κ2) is 7.82. The molecule has 0 bridgehead atoms. The van der Waals surface area contributed by atoms with Crippen LogP contribution in [0.2, 0.25) is 0 Å². The van der Waals surface area contributed by atoms with E-state index in [0.29, 0.717) is 11.8 Å². The molecule has 1 saturated heterocycles. The Hall–Kier alpha value is -2.17. The lowest BCUT2D eigenvalue weighted by Crippen LogP contribution is -2.46. The number of hydrogen-bond donors (Lipinski definition) is 1. The van der Waals surface area contributed by atoms with Crippen LogP contribution in [-0.2, 0) is 12.8 Å². The summed E-state index contributed by atoms with van der Waals surface area (Å²) in [6.07, 6.45) is 2.96. The van der Waals surface area contributed by atoms with Gasteiger partial charge < -0.3 is 14.6 Å². The van der Waals surface area contributed by atoms with Gasteiger partial charge in [-0.3, -0.25) is 0 Å². The summed E-state index contributed by atoms with van der Waals surface area (Å²) < 4.78 is 2.34. The number of likely N-dealkylation sites (tertiary alicyclic amines) is 1. The first-order valence-corrected chi connectivity index (χ1v) is 11.4. The van der Waals surface area contributed by atoms with Gasteiger partial charge in [0.2, 0.25) is 0 Å². The van der Waals surface area contributed by atoms with Crippen LogP contribution in [0.5, 0.6) is 0 Å². The summed E-state index contributed by atoms with van der Waals surface area (Å²) in [6.45, 7) is 9.38. The van der Waals surface area contributed by atoms with Crippen molar-refractivity contribution in [1.82, 2.24) is 14.5 Å². The molecule has 2 atom stereocenters. The molecule has 0 saturated carbocycles. The molecular formula is C26H33N3O. The summed E-state index contributed by atoms with van der Waals surface area (Å²) in [5, 5.41) is 11.2. The van der Waals surface area contributed by atoms with E-state index >= 15 is 0 Å². The van der Waals surface area contributed by atoms with Crippen LogP contribution >= 0.6 is 0 Å². The number of aliphatic hydroxyl groups excluding tert-OH is 1. The fourth-order valence-electron chi connectivity index (χ4n) is 5.58. The zero-order valence-electron chi connectivity index (χ0n) is 18.4. The molecule has 4 nitrogen and oxygen atoms in total. The normalized spacial score (nSPS) is 22.8. The number of fused-ring (bicyclic) bond motifs is 2. The minimum Gasteiger partial charge on any atom is -0.390 e. The van der Waals surface area contributed by atoms with Crippen LogP contribution in [0.3, 0.4) is 0 Å². The molecule has 5 rings (SSSR count). The Bertz CT molecular complexity index is 1030. The number of piperidine rings is 1. The summed E-state index contributed by atoms with van der Waals surface area (Å²) in [6, 6.07) is 15.5. The maximum absolute atomic E-state index is 11.2. The van der Waals surface area contributed by atoms with Crippen molar-refractivity contribution in [3.63, 3.8) is 0 Å². The molecule has 0 spiro atoms. The number of aliphatic hydroxyl groups is 1. The molecule has 2 aliphatic rings. The molecule has 1 aliphatic carbocycles. The standard InChI is InChI=1S/C26H33N3O/c1-17(2)26-27-22-12-18(3)8-9-23(22)29(26)24-10-11-28(16-25(24)30)15-19-13-20-6-4-5-7-21(20)14-19/h4-9,12,17,19,24-25,30H,10-11,13-16H2,1-3H3/t24-,25-/m1/s1. The number of benzene rings is 2. The molecule has 0 amide bonds. The van der Waals surface area contributed by atoms with Gasteiger partial charge in [0.15, 0.2) is 0 Å². The molecule has 2 aromatic carbocycles. The summed E-state index contributed by atoms with van der Waals surface area (Å²) in [5.74, 6) is 2.11. The third kappa shape index (κ3) is 3.57. The Labute approximate surface area is 179 Å². The van der Waals surface area contributed by atoms with Crippen molar-refractivity contribution in [3.8, 4) is 0 Å². The first-order chi connectivity index (χ1) is 14.5. The van der Waals surface area contributed by atoms with Gasteiger partial charge in [0.25, 0.3) is 0 Å². The maximum Gasteiger partial charge on any atom is 0.112 e. The average molecular weight is 404 g/mol. The predicted octanol–water partition coefficient (Wildman–Crippen LogP) is 4.49. The van der Waals surface area contributed by atoms with Crippen molar-refractivity contribution < 1.29 is 5.11 Å². The molecule has 0 radical (unpaired) electrons. The van der Waals surface area contributed by atoms with Crippen molar-refractivity contribution in [2.75, 3.05) is 19.6 Å². The average Bonchev–Trinajstić information content (AvgIpc) is 3.28. The van der Waals surface area contributed by atoms with Gasteiger partial charge in [-0.15, -0.1) is 0 Å². The Kier molecular flexibility index (Phi) is 5.16. The number of rotatable bonds is 4. The van der Waals surface area contributed by atoms with Crippen LogP contribution < -0.4 is 0 Å². The summed E-state index contributed by atoms with van der Waals surface area (Å²) in [5.41, 5.74) is 6.47. The summed E-state index contributed by atoms with van der Waals surface area (Å²) >= 11 is 0. The van der Waals surface area contributed by atoms with Gasteiger partial charge in [0.1, 0.15) is 5.82 Å². The maximum atomic E-state index is 11.2. The predicted molar refractivity (Wildman–Crippen MR) is 122 cm³/mol. The molecule has 1 aromatic heterocycles. The highest BCUT2D eigenvalue weighted by Crippen LogP contribution is 2.33. The molecule has 3 aromatic rings. The monoisotopic (exact) mass is 403 g/mol. The first kappa shape index (κ1) is 19.8. The summed E-state index contributed by atoms with van der Waals surface area (Å²) in [7, 11) is 0. The van der Waals surface area contributed by atoms with Crippen LogP contribution in [0.25, 0.3) is 11.0 Å². The third-order valence-electron chi connectivity index (χ3n) is 7.00. The van der Waals surface area contributed by atoms with Crippen molar-refractivity contribution in [2.45, 2.75) is 58.1 Å². The van der Waals surface area contributed by atoms with E-state index in [1.165, 1.54) is 29.5 Å². The minimum absolute atomic E-state index is 0.104. The molecule has 1 fully saturated rings. The highest BCUT2D eigenvalue weighted by atomic mass is 16.3. The van der Waals surface area contributed by atoms with Gasteiger partial charge in [-0.05, 0) is 60.9 Å². The lowest BCUT2D eigenvalue weighted by atomic mass is 9.98. The van der Waals surface area contributed by atoms with Gasteiger partial charge in [-0.2, -0.15) is 0 Å². The number of hydrogen-bond acceptors (Lipinski definition) is 3. The van der Waals surface area contributed by atoms with Gasteiger partial charge >= 0.3 is 0 Å². The Morgan fingerprint density at radius 3 is 2.50 bits per heavy atom. The molecule has 158 valence electrons. The Morgan fingerprint density at radius 1 is 1.10 bits per heavy atom. The van der Waals surface area contributed by atoms with Gasteiger partial charge in [-0.1, -0.05) is 44.2 Å². The zero-order valence-corrected chi connectivity index (χ0v) is 18.4. The Morgan fingerprint density at radius 2 is 1.83 bits per heavy atom. The van der Waals surface area contributed by atoms with E-state index < -0.39 is 0 Å². The molecule has 1 aliphatic heterocycles. The van der Waals surface area contributed by atoms with Crippen LogP contribution in [0.1, 0.15) is 54.7 Å². The smallest absolute Gasteiger partial charge is 0.112 e. The number of nitrogens with zero attached hydrogens (tertiary/aromatic N) is 3. The molecule has 0 unspecified atom stereocenters. The zero-order chi connectivity index (χ0) is 20.8. The van der Waals surface area contributed by atoms with E-state index in [-0.39, 0.29) is 12.1 Å². The van der Waals surface area contributed by atoms with Crippen LogP contribution in [0.4, 0.5) is 0 Å². The van der Waals surface area contributed by atoms with Gasteiger partial charge in [0.05, 0.1) is 23.2 Å². The van der Waals surface area contributed by atoms with E-state index in [1.807, 2.05) is 0 Å². The lowest BCUT2D eigenvalue weighted by molar-refractivity contribution is 0.0218. The molecule has 30 heavy (non-hydrogen) atoms. The SMILES string of the molecule is Cc1ccc2c(c1)nc(C(C)C)n2[C@@H]1CCN(CC2Cc3ccccc3C2)C[C@H]1O. The first-order valence-electron chi connectivity index (χ1n) is 11.4. The van der Waals surface area contributed by atoms with Crippen molar-refractivity contribution in [3.05, 3.63) is 65.0 Å². The number of imidazole rings is 1. The minimum atomic E-state index is -0.362. The molecule has 4 heteroatoms. The van der Waals surface area contributed by atoms with E-state index in [2.05, 4.69) is 72.7 Å². The quantitative estimate of drug-likeness (QED) is 0.698. The molecular weight excluding hydrogens is 370 g/mol. The van der Waals surface area contributed by atoms with Gasteiger partial charge in [-0.25, -0.2) is 4.98 Å².